The molecule has 2 N–H and O–H groups in total. The van der Waals surface area contributed by atoms with Gasteiger partial charge in [0.1, 0.15) is 17.2 Å². The molecule has 1 amide bonds. The van der Waals surface area contributed by atoms with Gasteiger partial charge in [0.2, 0.25) is 0 Å². The summed E-state index contributed by atoms with van der Waals surface area (Å²) in [4.78, 5) is 23.6. The van der Waals surface area contributed by atoms with Crippen molar-refractivity contribution in [2.45, 2.75) is 0 Å². The molecular weight excluding hydrogens is 472 g/mol. The van der Waals surface area contributed by atoms with Crippen LogP contribution in [0.4, 0.5) is 11.5 Å². The van der Waals surface area contributed by atoms with E-state index >= 15 is 0 Å². The van der Waals surface area contributed by atoms with E-state index in [0.717, 1.165) is 65.7 Å². The van der Waals surface area contributed by atoms with Crippen molar-refractivity contribution in [3.8, 4) is 23.0 Å². The summed E-state index contributed by atoms with van der Waals surface area (Å²) < 4.78 is 1.99. The lowest BCUT2D eigenvalue weighted by atomic mass is 10.0. The van der Waals surface area contributed by atoms with Gasteiger partial charge in [-0.15, -0.1) is 0 Å². The number of hydrogen-bond acceptors (Lipinski definition) is 5. The van der Waals surface area contributed by atoms with Gasteiger partial charge in [0.25, 0.3) is 5.91 Å². The van der Waals surface area contributed by atoms with E-state index in [1.807, 2.05) is 94.4 Å². The number of benzene rings is 2. The first-order valence-corrected chi connectivity index (χ1v) is 12.6. The molecule has 7 nitrogen and oxygen atoms in total. The van der Waals surface area contributed by atoms with Gasteiger partial charge in [-0.1, -0.05) is 36.3 Å². The van der Waals surface area contributed by atoms with Crippen molar-refractivity contribution in [3.05, 3.63) is 114 Å². The maximum absolute atomic E-state index is 12.8. The standard InChI is InChI=1S/C31H26N6O/c38-31(36-18-16-32-17-19-36)25-9-7-24(8-10-25)26-11-13-30-34-21-28(37(30)22-26)12-6-23-14-15-33-29(20-23)35-27-4-2-1-3-5-27/h1-5,7-11,13-15,20-22,32H,16-19H2,(H,33,35). The molecule has 0 radical (unpaired) electrons. The highest BCUT2D eigenvalue weighted by Crippen LogP contribution is 2.22. The molecule has 0 aliphatic carbocycles. The van der Waals surface area contributed by atoms with Crippen molar-refractivity contribution in [1.82, 2.24) is 24.6 Å². The molecule has 0 unspecified atom stereocenters. The third-order valence-corrected chi connectivity index (χ3v) is 6.52. The summed E-state index contributed by atoms with van der Waals surface area (Å²) >= 11 is 0. The first-order chi connectivity index (χ1) is 18.7. The number of hydrogen-bond donors (Lipinski definition) is 2. The number of fused-ring (bicyclic) bond motifs is 1. The second-order valence-electron chi connectivity index (χ2n) is 9.08. The third kappa shape index (κ3) is 5.12. The molecule has 6 rings (SSSR count). The first-order valence-electron chi connectivity index (χ1n) is 12.6. The zero-order valence-corrected chi connectivity index (χ0v) is 20.8. The van der Waals surface area contributed by atoms with Crippen LogP contribution in [0.15, 0.2) is 97.5 Å². The summed E-state index contributed by atoms with van der Waals surface area (Å²) in [5.74, 6) is 7.31. The Labute approximate surface area is 221 Å². The lowest BCUT2D eigenvalue weighted by Crippen LogP contribution is -2.46. The topological polar surface area (TPSA) is 74.6 Å². The van der Waals surface area contributed by atoms with Crippen LogP contribution in [0.2, 0.25) is 0 Å². The van der Waals surface area contributed by atoms with Crippen molar-refractivity contribution in [2.24, 2.45) is 0 Å². The number of amides is 1. The van der Waals surface area contributed by atoms with Crippen molar-refractivity contribution in [1.29, 1.82) is 0 Å². The number of nitrogens with one attached hydrogen (secondary N) is 2. The van der Waals surface area contributed by atoms with Crippen molar-refractivity contribution in [3.63, 3.8) is 0 Å². The summed E-state index contributed by atoms with van der Waals surface area (Å²) in [6, 6.07) is 25.6. The van der Waals surface area contributed by atoms with Gasteiger partial charge < -0.3 is 15.5 Å². The van der Waals surface area contributed by atoms with E-state index < -0.39 is 0 Å². The number of pyridine rings is 2. The quantitative estimate of drug-likeness (QED) is 0.355. The van der Waals surface area contributed by atoms with Crippen LogP contribution < -0.4 is 10.6 Å². The largest absolute Gasteiger partial charge is 0.340 e. The highest BCUT2D eigenvalue weighted by Gasteiger charge is 2.17. The van der Waals surface area contributed by atoms with E-state index in [0.29, 0.717) is 5.56 Å². The van der Waals surface area contributed by atoms with Crippen LogP contribution in [0.5, 0.6) is 0 Å². The number of anilines is 2. The van der Waals surface area contributed by atoms with Crippen LogP contribution in [0, 0.1) is 11.8 Å². The number of para-hydroxylation sites is 1. The van der Waals surface area contributed by atoms with Crippen molar-refractivity contribution >= 4 is 23.1 Å². The molecule has 1 fully saturated rings. The minimum atomic E-state index is 0.0823. The molecule has 1 aliphatic rings. The van der Waals surface area contributed by atoms with Crippen LogP contribution in [0.25, 0.3) is 16.8 Å². The van der Waals surface area contributed by atoms with Gasteiger partial charge >= 0.3 is 0 Å². The van der Waals surface area contributed by atoms with Crippen molar-refractivity contribution < 1.29 is 4.79 Å². The molecule has 0 saturated carbocycles. The molecule has 0 spiro atoms. The molecule has 7 heteroatoms. The zero-order valence-electron chi connectivity index (χ0n) is 20.8. The average Bonchev–Trinajstić information content (AvgIpc) is 3.39. The predicted octanol–water partition coefficient (Wildman–Crippen LogP) is 4.59. The normalized spacial score (nSPS) is 13.1. The van der Waals surface area contributed by atoms with Gasteiger partial charge in [0.05, 0.1) is 6.20 Å². The molecule has 1 aliphatic heterocycles. The number of piperazine rings is 1. The molecule has 4 heterocycles. The maximum Gasteiger partial charge on any atom is 0.253 e. The summed E-state index contributed by atoms with van der Waals surface area (Å²) in [6.07, 6.45) is 5.57. The molecule has 0 atom stereocenters. The number of nitrogens with zero attached hydrogens (tertiary/aromatic N) is 4. The van der Waals surface area contributed by atoms with E-state index in [1.165, 1.54) is 0 Å². The van der Waals surface area contributed by atoms with E-state index in [9.17, 15) is 4.79 Å². The fraction of sp³-hybridized carbons (Fsp3) is 0.129. The Morgan fingerprint density at radius 2 is 1.66 bits per heavy atom. The van der Waals surface area contributed by atoms with E-state index in [2.05, 4.69) is 32.4 Å². The second kappa shape index (κ2) is 10.6. The molecule has 5 aromatic rings. The Morgan fingerprint density at radius 1 is 0.868 bits per heavy atom. The second-order valence-corrected chi connectivity index (χ2v) is 9.08. The Kier molecular flexibility index (Phi) is 6.54. The SMILES string of the molecule is O=C(c1ccc(-c2ccc3ncc(C#Cc4ccnc(Nc5ccccc5)c4)n3c2)cc1)N1CCNCC1. The molecule has 3 aromatic heterocycles. The summed E-state index contributed by atoms with van der Waals surface area (Å²) in [5.41, 5.74) is 6.21. The van der Waals surface area contributed by atoms with Gasteiger partial charge in [-0.2, -0.15) is 0 Å². The summed E-state index contributed by atoms with van der Waals surface area (Å²) in [5, 5.41) is 6.58. The highest BCUT2D eigenvalue weighted by atomic mass is 16.2. The molecular formula is C31H26N6O. The molecule has 2 aromatic carbocycles. The lowest BCUT2D eigenvalue weighted by Gasteiger charge is -2.27. The minimum Gasteiger partial charge on any atom is -0.340 e. The van der Waals surface area contributed by atoms with E-state index in [1.54, 1.807) is 12.4 Å². The van der Waals surface area contributed by atoms with Gasteiger partial charge in [-0.05, 0) is 65.6 Å². The predicted molar refractivity (Wildman–Crippen MR) is 149 cm³/mol. The fourth-order valence-corrected chi connectivity index (χ4v) is 4.48. The monoisotopic (exact) mass is 498 g/mol. The Morgan fingerprint density at radius 3 is 2.47 bits per heavy atom. The average molecular weight is 499 g/mol. The number of aromatic nitrogens is 3. The van der Waals surface area contributed by atoms with Gasteiger partial charge in [0, 0.05) is 55.4 Å². The van der Waals surface area contributed by atoms with Gasteiger partial charge in [0.15, 0.2) is 0 Å². The molecule has 186 valence electrons. The first kappa shape index (κ1) is 23.5. The Hall–Kier alpha value is -4.93. The number of imidazole rings is 1. The Bertz CT molecular complexity index is 1640. The summed E-state index contributed by atoms with van der Waals surface area (Å²) in [6.45, 7) is 3.16. The van der Waals surface area contributed by atoms with E-state index in [4.69, 9.17) is 0 Å². The van der Waals surface area contributed by atoms with Gasteiger partial charge in [-0.25, -0.2) is 9.97 Å². The van der Waals surface area contributed by atoms with Crippen LogP contribution >= 0.6 is 0 Å². The number of carbonyl (C=O) groups is 1. The van der Waals surface area contributed by atoms with Crippen molar-refractivity contribution in [2.75, 3.05) is 31.5 Å². The molecule has 1 saturated heterocycles. The third-order valence-electron chi connectivity index (χ3n) is 6.52. The zero-order chi connectivity index (χ0) is 25.7. The molecule has 0 bridgehead atoms. The fourth-order valence-electron chi connectivity index (χ4n) is 4.48. The van der Waals surface area contributed by atoms with E-state index in [-0.39, 0.29) is 5.91 Å². The van der Waals surface area contributed by atoms with Crippen LogP contribution in [0.1, 0.15) is 21.6 Å². The van der Waals surface area contributed by atoms with Crippen LogP contribution in [-0.2, 0) is 0 Å². The smallest absolute Gasteiger partial charge is 0.253 e. The molecule has 38 heavy (non-hydrogen) atoms. The lowest BCUT2D eigenvalue weighted by molar-refractivity contribution is 0.0736. The summed E-state index contributed by atoms with van der Waals surface area (Å²) in [7, 11) is 0. The number of carbonyl (C=O) groups excluding carboxylic acids is 1. The Balaban J connectivity index is 1.22. The highest BCUT2D eigenvalue weighted by molar-refractivity contribution is 5.94. The van der Waals surface area contributed by atoms with Crippen LogP contribution in [0.3, 0.4) is 0 Å². The van der Waals surface area contributed by atoms with Gasteiger partial charge in [-0.3, -0.25) is 9.20 Å². The maximum atomic E-state index is 12.8. The van der Waals surface area contributed by atoms with Crippen LogP contribution in [-0.4, -0.2) is 51.4 Å². The minimum absolute atomic E-state index is 0.0823. The number of rotatable bonds is 4.